The quantitative estimate of drug-likeness (QED) is 0.575. The number of ether oxygens (including phenoxy) is 2. The second-order valence-corrected chi connectivity index (χ2v) is 4.93. The molecule has 0 aliphatic rings. The number of rotatable bonds is 6. The Balaban J connectivity index is 2.63. The normalized spacial score (nSPS) is 12.5. The summed E-state index contributed by atoms with van der Waals surface area (Å²) in [6, 6.07) is 8.15. The average molecular weight is 250 g/mol. The maximum atomic E-state index is 11.7. The standard InChI is InChI=1S/C15H22O3/c1-11(2)9-13-5-7-14(8-6-13)12(3)15(16)18-10-17-4/h5-8,11-12H,9-10H2,1-4H3. The van der Waals surface area contributed by atoms with Gasteiger partial charge in [0.25, 0.3) is 0 Å². The van der Waals surface area contributed by atoms with Gasteiger partial charge < -0.3 is 9.47 Å². The zero-order valence-corrected chi connectivity index (χ0v) is 11.6. The molecule has 1 atom stereocenters. The van der Waals surface area contributed by atoms with Gasteiger partial charge in [-0.25, -0.2) is 0 Å². The first-order valence-electron chi connectivity index (χ1n) is 6.29. The van der Waals surface area contributed by atoms with Gasteiger partial charge in [0.15, 0.2) is 6.79 Å². The molecule has 0 amide bonds. The summed E-state index contributed by atoms with van der Waals surface area (Å²) in [7, 11) is 1.50. The lowest BCUT2D eigenvalue weighted by Crippen LogP contribution is -2.14. The van der Waals surface area contributed by atoms with Gasteiger partial charge in [0.05, 0.1) is 5.92 Å². The molecule has 1 rings (SSSR count). The summed E-state index contributed by atoms with van der Waals surface area (Å²) in [5.74, 6) is 0.127. The molecule has 0 N–H and O–H groups in total. The van der Waals surface area contributed by atoms with E-state index in [9.17, 15) is 4.79 Å². The van der Waals surface area contributed by atoms with Crippen molar-refractivity contribution < 1.29 is 14.3 Å². The Labute approximate surface area is 109 Å². The first-order chi connectivity index (χ1) is 8.54. The third kappa shape index (κ3) is 4.49. The van der Waals surface area contributed by atoms with Crippen molar-refractivity contribution in [2.75, 3.05) is 13.9 Å². The number of carbonyl (C=O) groups is 1. The van der Waals surface area contributed by atoms with E-state index in [0.29, 0.717) is 5.92 Å². The van der Waals surface area contributed by atoms with Crippen molar-refractivity contribution in [2.45, 2.75) is 33.1 Å². The predicted octanol–water partition coefficient (Wildman–Crippen LogP) is 3.14. The molecule has 0 fully saturated rings. The lowest BCUT2D eigenvalue weighted by molar-refractivity contribution is -0.155. The van der Waals surface area contributed by atoms with E-state index in [1.807, 2.05) is 19.1 Å². The maximum absolute atomic E-state index is 11.7. The van der Waals surface area contributed by atoms with E-state index in [4.69, 9.17) is 9.47 Å². The Hall–Kier alpha value is -1.35. The van der Waals surface area contributed by atoms with Crippen LogP contribution in [-0.2, 0) is 20.7 Å². The van der Waals surface area contributed by atoms with Gasteiger partial charge in [0, 0.05) is 7.11 Å². The molecule has 18 heavy (non-hydrogen) atoms. The fourth-order valence-corrected chi connectivity index (χ4v) is 1.79. The topological polar surface area (TPSA) is 35.5 Å². The molecular formula is C15H22O3. The Morgan fingerprint density at radius 1 is 1.17 bits per heavy atom. The third-order valence-electron chi connectivity index (χ3n) is 2.80. The van der Waals surface area contributed by atoms with Crippen molar-refractivity contribution >= 4 is 5.97 Å². The molecule has 3 heteroatoms. The van der Waals surface area contributed by atoms with Gasteiger partial charge in [0.1, 0.15) is 0 Å². The molecule has 0 bridgehead atoms. The molecule has 0 aliphatic carbocycles. The van der Waals surface area contributed by atoms with Crippen LogP contribution in [0.3, 0.4) is 0 Å². The summed E-state index contributed by atoms with van der Waals surface area (Å²) in [5, 5.41) is 0. The minimum Gasteiger partial charge on any atom is -0.438 e. The van der Waals surface area contributed by atoms with Crippen LogP contribution < -0.4 is 0 Å². The Morgan fingerprint density at radius 2 is 1.78 bits per heavy atom. The van der Waals surface area contributed by atoms with Gasteiger partial charge in [-0.05, 0) is 30.4 Å². The third-order valence-corrected chi connectivity index (χ3v) is 2.80. The maximum Gasteiger partial charge on any atom is 0.315 e. The van der Waals surface area contributed by atoms with Crippen LogP contribution in [0.1, 0.15) is 37.8 Å². The number of esters is 1. The fourth-order valence-electron chi connectivity index (χ4n) is 1.79. The van der Waals surface area contributed by atoms with E-state index >= 15 is 0 Å². The summed E-state index contributed by atoms with van der Waals surface area (Å²) in [6.07, 6.45) is 1.06. The molecule has 0 saturated carbocycles. The lowest BCUT2D eigenvalue weighted by atomic mass is 9.97. The molecule has 0 saturated heterocycles. The van der Waals surface area contributed by atoms with Gasteiger partial charge in [-0.2, -0.15) is 0 Å². The van der Waals surface area contributed by atoms with E-state index in [-0.39, 0.29) is 18.7 Å². The second kappa shape index (κ2) is 7.17. The van der Waals surface area contributed by atoms with Crippen molar-refractivity contribution in [3.8, 4) is 0 Å². The molecule has 1 aromatic carbocycles. The Kier molecular flexibility index (Phi) is 5.86. The number of carbonyl (C=O) groups excluding carboxylic acids is 1. The van der Waals surface area contributed by atoms with Crippen LogP contribution in [0.25, 0.3) is 0 Å². The molecule has 0 heterocycles. The first-order valence-corrected chi connectivity index (χ1v) is 6.29. The van der Waals surface area contributed by atoms with Crippen molar-refractivity contribution in [3.63, 3.8) is 0 Å². The van der Waals surface area contributed by atoms with Crippen molar-refractivity contribution in [1.82, 2.24) is 0 Å². The predicted molar refractivity (Wildman–Crippen MR) is 71.4 cm³/mol. The zero-order chi connectivity index (χ0) is 13.5. The summed E-state index contributed by atoms with van der Waals surface area (Å²) in [6.45, 7) is 6.24. The molecule has 1 aromatic rings. The number of hydrogen-bond donors (Lipinski definition) is 0. The summed E-state index contributed by atoms with van der Waals surface area (Å²) < 4.78 is 9.66. The van der Waals surface area contributed by atoms with Crippen molar-refractivity contribution in [2.24, 2.45) is 5.92 Å². The molecule has 3 nitrogen and oxygen atoms in total. The van der Waals surface area contributed by atoms with Crippen LogP contribution in [0.5, 0.6) is 0 Å². The molecule has 100 valence electrons. The molecule has 0 radical (unpaired) electrons. The van der Waals surface area contributed by atoms with E-state index in [0.717, 1.165) is 12.0 Å². The number of benzene rings is 1. The highest BCUT2D eigenvalue weighted by Gasteiger charge is 2.16. The summed E-state index contributed by atoms with van der Waals surface area (Å²) in [4.78, 5) is 11.7. The van der Waals surface area contributed by atoms with E-state index in [1.165, 1.54) is 12.7 Å². The molecule has 1 unspecified atom stereocenters. The van der Waals surface area contributed by atoms with Gasteiger partial charge in [0.2, 0.25) is 0 Å². The molecule has 0 aromatic heterocycles. The van der Waals surface area contributed by atoms with E-state index < -0.39 is 0 Å². The van der Waals surface area contributed by atoms with Crippen LogP contribution >= 0.6 is 0 Å². The van der Waals surface area contributed by atoms with Gasteiger partial charge in [-0.1, -0.05) is 38.1 Å². The molecular weight excluding hydrogens is 228 g/mol. The first kappa shape index (κ1) is 14.7. The van der Waals surface area contributed by atoms with Gasteiger partial charge in [-0.3, -0.25) is 4.79 Å². The minimum atomic E-state index is -0.256. The summed E-state index contributed by atoms with van der Waals surface area (Å²) >= 11 is 0. The van der Waals surface area contributed by atoms with E-state index in [1.54, 1.807) is 0 Å². The molecule has 0 spiro atoms. The highest BCUT2D eigenvalue weighted by atomic mass is 16.7. The lowest BCUT2D eigenvalue weighted by Gasteiger charge is -2.12. The van der Waals surface area contributed by atoms with E-state index in [2.05, 4.69) is 26.0 Å². The smallest absolute Gasteiger partial charge is 0.315 e. The highest BCUT2D eigenvalue weighted by molar-refractivity contribution is 5.77. The van der Waals surface area contributed by atoms with Crippen LogP contribution in [0.15, 0.2) is 24.3 Å². The fraction of sp³-hybridized carbons (Fsp3) is 0.533. The van der Waals surface area contributed by atoms with Crippen LogP contribution in [-0.4, -0.2) is 19.9 Å². The van der Waals surface area contributed by atoms with Crippen LogP contribution in [0, 0.1) is 5.92 Å². The summed E-state index contributed by atoms with van der Waals surface area (Å²) in [5.41, 5.74) is 2.27. The Morgan fingerprint density at radius 3 is 2.28 bits per heavy atom. The van der Waals surface area contributed by atoms with Crippen LogP contribution in [0.2, 0.25) is 0 Å². The van der Waals surface area contributed by atoms with Gasteiger partial charge >= 0.3 is 5.97 Å². The average Bonchev–Trinajstić information content (AvgIpc) is 2.35. The zero-order valence-electron chi connectivity index (χ0n) is 11.6. The van der Waals surface area contributed by atoms with Gasteiger partial charge in [-0.15, -0.1) is 0 Å². The number of methoxy groups -OCH3 is 1. The van der Waals surface area contributed by atoms with Crippen molar-refractivity contribution in [1.29, 1.82) is 0 Å². The Bertz CT molecular complexity index is 368. The second-order valence-electron chi connectivity index (χ2n) is 4.93. The highest BCUT2D eigenvalue weighted by Crippen LogP contribution is 2.18. The number of hydrogen-bond acceptors (Lipinski definition) is 3. The minimum absolute atomic E-state index is 0.00854. The van der Waals surface area contributed by atoms with Crippen molar-refractivity contribution in [3.05, 3.63) is 35.4 Å². The molecule has 0 aliphatic heterocycles. The SMILES string of the molecule is COCOC(=O)C(C)c1ccc(CC(C)C)cc1. The van der Waals surface area contributed by atoms with Crippen LogP contribution in [0.4, 0.5) is 0 Å². The largest absolute Gasteiger partial charge is 0.438 e. The monoisotopic (exact) mass is 250 g/mol.